The maximum Gasteiger partial charge on any atom is 0.253 e. The average Bonchev–Trinajstić information content (AvgIpc) is 3.31. The van der Waals surface area contributed by atoms with E-state index in [9.17, 15) is 13.2 Å². The number of para-hydroxylation sites is 2. The molecule has 0 radical (unpaired) electrons. The average molecular weight is 459 g/mol. The Hall–Kier alpha value is -2.88. The molecule has 0 aliphatic carbocycles. The minimum Gasteiger partial charge on any atom is -0.486 e. The monoisotopic (exact) mass is 458 g/mol. The van der Waals surface area contributed by atoms with Gasteiger partial charge in [0.05, 0.1) is 11.4 Å². The molecule has 1 N–H and O–H groups in total. The van der Waals surface area contributed by atoms with Crippen molar-refractivity contribution in [1.82, 2.24) is 9.62 Å². The molecule has 1 unspecified atom stereocenters. The molecule has 2 heterocycles. The Bertz CT molecular complexity index is 1160. The van der Waals surface area contributed by atoms with Crippen LogP contribution in [0.2, 0.25) is 0 Å². The second-order valence-electron chi connectivity index (χ2n) is 7.12. The number of rotatable bonds is 7. The molecule has 4 rings (SSSR count). The molecule has 0 saturated carbocycles. The number of hydrogen-bond acceptors (Lipinski definition) is 6. The molecule has 0 spiro atoms. The summed E-state index contributed by atoms with van der Waals surface area (Å²) >= 11 is 1.47. The molecule has 2 aromatic carbocycles. The Morgan fingerprint density at radius 1 is 1.13 bits per heavy atom. The van der Waals surface area contributed by atoms with Gasteiger partial charge in [0.1, 0.15) is 6.61 Å². The molecule has 31 heavy (non-hydrogen) atoms. The van der Waals surface area contributed by atoms with Crippen LogP contribution < -0.4 is 14.2 Å². The topological polar surface area (TPSA) is 84.9 Å². The summed E-state index contributed by atoms with van der Waals surface area (Å²) < 4.78 is 39.4. The molecule has 1 atom stereocenters. The number of hydrogen-bond donors (Lipinski definition) is 1. The first-order valence-corrected chi connectivity index (χ1v) is 12.0. The molecule has 1 aliphatic rings. The lowest BCUT2D eigenvalue weighted by molar-refractivity contribution is 0.0521. The van der Waals surface area contributed by atoms with Crippen LogP contribution in [0.4, 0.5) is 0 Å². The van der Waals surface area contributed by atoms with Gasteiger partial charge in [-0.2, -0.15) is 0 Å². The van der Waals surface area contributed by atoms with Crippen LogP contribution in [0.25, 0.3) is 0 Å². The first kappa shape index (κ1) is 21.4. The molecule has 1 aliphatic heterocycles. The molecule has 1 amide bonds. The number of amides is 1. The summed E-state index contributed by atoms with van der Waals surface area (Å²) in [6.07, 6.45) is -0.316. The van der Waals surface area contributed by atoms with E-state index >= 15 is 0 Å². The van der Waals surface area contributed by atoms with Gasteiger partial charge in [0.15, 0.2) is 17.6 Å². The SMILES string of the molecule is CN(CC1COc2ccccc2O1)C(=O)c1cccc(S(=O)(=O)NCc2cccs2)c1. The highest BCUT2D eigenvalue weighted by Crippen LogP contribution is 2.31. The van der Waals surface area contributed by atoms with E-state index in [0.717, 1.165) is 4.88 Å². The lowest BCUT2D eigenvalue weighted by atomic mass is 10.2. The van der Waals surface area contributed by atoms with E-state index in [0.29, 0.717) is 30.2 Å². The fraction of sp³-hybridized carbons (Fsp3) is 0.227. The van der Waals surface area contributed by atoms with Gasteiger partial charge in [-0.1, -0.05) is 24.3 Å². The summed E-state index contributed by atoms with van der Waals surface area (Å²) in [5.41, 5.74) is 0.290. The zero-order chi connectivity index (χ0) is 21.8. The number of nitrogens with one attached hydrogen (secondary N) is 1. The van der Waals surface area contributed by atoms with Gasteiger partial charge in [0.25, 0.3) is 5.91 Å². The van der Waals surface area contributed by atoms with Crippen LogP contribution in [-0.4, -0.2) is 45.5 Å². The molecule has 162 valence electrons. The van der Waals surface area contributed by atoms with Gasteiger partial charge in [0.2, 0.25) is 10.0 Å². The number of thiophene rings is 1. The summed E-state index contributed by atoms with van der Waals surface area (Å²) in [6.45, 7) is 0.842. The highest BCUT2D eigenvalue weighted by Gasteiger charge is 2.25. The van der Waals surface area contributed by atoms with Crippen molar-refractivity contribution in [1.29, 1.82) is 0 Å². The third kappa shape index (κ3) is 5.07. The van der Waals surface area contributed by atoms with Crippen LogP contribution in [0.5, 0.6) is 11.5 Å². The second kappa shape index (κ2) is 9.09. The Labute approximate surface area is 185 Å². The fourth-order valence-corrected chi connectivity index (χ4v) is 5.01. The standard InChI is InChI=1S/C22H22N2O5S2/c1-24(14-17-15-28-20-9-2-3-10-21(20)29-17)22(25)16-6-4-8-19(12-16)31(26,27)23-13-18-7-5-11-30-18/h2-12,17,23H,13-15H2,1H3. The van der Waals surface area contributed by atoms with Crippen molar-refractivity contribution in [3.63, 3.8) is 0 Å². The lowest BCUT2D eigenvalue weighted by Gasteiger charge is -2.29. The van der Waals surface area contributed by atoms with Gasteiger partial charge < -0.3 is 14.4 Å². The summed E-state index contributed by atoms with van der Waals surface area (Å²) in [5, 5.41) is 1.89. The predicted molar refractivity (Wildman–Crippen MR) is 118 cm³/mol. The molecule has 0 fully saturated rings. The molecule has 0 bridgehead atoms. The van der Waals surface area contributed by atoms with Gasteiger partial charge in [0, 0.05) is 24.0 Å². The number of carbonyl (C=O) groups is 1. The van der Waals surface area contributed by atoms with Gasteiger partial charge in [-0.15, -0.1) is 11.3 Å². The van der Waals surface area contributed by atoms with Gasteiger partial charge >= 0.3 is 0 Å². The summed E-state index contributed by atoms with van der Waals surface area (Å²) in [5.74, 6) is 1.03. The van der Waals surface area contributed by atoms with E-state index in [4.69, 9.17) is 9.47 Å². The van der Waals surface area contributed by atoms with Crippen LogP contribution in [0.1, 0.15) is 15.2 Å². The van der Waals surface area contributed by atoms with Crippen molar-refractivity contribution in [2.24, 2.45) is 0 Å². The number of benzene rings is 2. The van der Waals surface area contributed by atoms with Crippen LogP contribution >= 0.6 is 11.3 Å². The molecule has 7 nitrogen and oxygen atoms in total. The number of likely N-dealkylation sites (N-methyl/N-ethyl adjacent to an activating group) is 1. The lowest BCUT2D eigenvalue weighted by Crippen LogP contribution is -2.41. The first-order valence-electron chi connectivity index (χ1n) is 9.68. The van der Waals surface area contributed by atoms with Crippen molar-refractivity contribution >= 4 is 27.3 Å². The summed E-state index contributed by atoms with van der Waals surface area (Å²) in [4.78, 5) is 15.4. The smallest absolute Gasteiger partial charge is 0.253 e. The van der Waals surface area contributed by atoms with E-state index in [2.05, 4.69) is 4.72 Å². The van der Waals surface area contributed by atoms with Crippen LogP contribution in [0.3, 0.4) is 0 Å². The zero-order valence-corrected chi connectivity index (χ0v) is 18.5. The van der Waals surface area contributed by atoms with Crippen molar-refractivity contribution in [2.45, 2.75) is 17.5 Å². The normalized spacial score (nSPS) is 15.5. The number of carbonyl (C=O) groups excluding carboxylic acids is 1. The number of nitrogens with zero attached hydrogens (tertiary/aromatic N) is 1. The van der Waals surface area contributed by atoms with Crippen LogP contribution in [0, 0.1) is 0 Å². The Morgan fingerprint density at radius 3 is 2.71 bits per heavy atom. The highest BCUT2D eigenvalue weighted by molar-refractivity contribution is 7.89. The quantitative estimate of drug-likeness (QED) is 0.588. The molecule has 0 saturated heterocycles. The minimum atomic E-state index is -3.74. The maximum absolute atomic E-state index is 12.9. The Kier molecular flexibility index (Phi) is 6.26. The Balaban J connectivity index is 1.41. The van der Waals surface area contributed by atoms with E-state index in [-0.39, 0.29) is 23.5 Å². The molecular weight excluding hydrogens is 436 g/mol. The highest BCUT2D eigenvalue weighted by atomic mass is 32.2. The number of fused-ring (bicyclic) bond motifs is 1. The van der Waals surface area contributed by atoms with Crippen molar-refractivity contribution in [3.8, 4) is 11.5 Å². The van der Waals surface area contributed by atoms with Crippen molar-refractivity contribution < 1.29 is 22.7 Å². The molecule has 3 aromatic rings. The van der Waals surface area contributed by atoms with E-state index in [1.807, 2.05) is 41.8 Å². The summed E-state index contributed by atoms with van der Waals surface area (Å²) in [6, 6.07) is 17.1. The largest absolute Gasteiger partial charge is 0.486 e. The van der Waals surface area contributed by atoms with Crippen molar-refractivity contribution in [3.05, 3.63) is 76.5 Å². The minimum absolute atomic E-state index is 0.0504. The molecule has 9 heteroatoms. The first-order chi connectivity index (χ1) is 14.9. The number of ether oxygens (including phenoxy) is 2. The van der Waals surface area contributed by atoms with Gasteiger partial charge in [-0.25, -0.2) is 13.1 Å². The fourth-order valence-electron chi connectivity index (χ4n) is 3.22. The van der Waals surface area contributed by atoms with E-state index in [1.54, 1.807) is 19.2 Å². The summed E-state index contributed by atoms with van der Waals surface area (Å²) in [7, 11) is -2.08. The second-order valence-corrected chi connectivity index (χ2v) is 9.91. The van der Waals surface area contributed by atoms with Gasteiger partial charge in [-0.05, 0) is 41.8 Å². The Morgan fingerprint density at radius 2 is 1.94 bits per heavy atom. The predicted octanol–water partition coefficient (Wildman–Crippen LogP) is 3.14. The third-order valence-electron chi connectivity index (χ3n) is 4.80. The van der Waals surface area contributed by atoms with Crippen LogP contribution in [0.15, 0.2) is 70.9 Å². The molecule has 1 aromatic heterocycles. The van der Waals surface area contributed by atoms with Crippen molar-refractivity contribution in [2.75, 3.05) is 20.2 Å². The molecular formula is C22H22N2O5S2. The maximum atomic E-state index is 12.9. The zero-order valence-electron chi connectivity index (χ0n) is 16.9. The van der Waals surface area contributed by atoms with Gasteiger partial charge in [-0.3, -0.25) is 4.79 Å². The third-order valence-corrected chi connectivity index (χ3v) is 7.07. The van der Waals surface area contributed by atoms with E-state index in [1.165, 1.54) is 28.4 Å². The number of sulfonamides is 1. The van der Waals surface area contributed by atoms with E-state index < -0.39 is 10.0 Å². The van der Waals surface area contributed by atoms with Crippen LogP contribution in [-0.2, 0) is 16.6 Å².